The van der Waals surface area contributed by atoms with Gasteiger partial charge in [-0.2, -0.15) is 0 Å². The number of nitrogens with zero attached hydrogens (tertiary/aromatic N) is 1. The van der Waals surface area contributed by atoms with Gasteiger partial charge in [-0.3, -0.25) is 0 Å². The summed E-state index contributed by atoms with van der Waals surface area (Å²) in [5.41, 5.74) is 3.91. The van der Waals surface area contributed by atoms with E-state index in [1.54, 1.807) is 0 Å². The van der Waals surface area contributed by atoms with Crippen LogP contribution < -0.4 is 5.32 Å². The van der Waals surface area contributed by atoms with Crippen molar-refractivity contribution in [2.75, 3.05) is 0 Å². The van der Waals surface area contributed by atoms with E-state index in [0.29, 0.717) is 12.1 Å². The second-order valence-corrected chi connectivity index (χ2v) is 8.27. The predicted octanol–water partition coefficient (Wildman–Crippen LogP) is 5.47. The lowest BCUT2D eigenvalue weighted by molar-refractivity contribution is 0.498. The fourth-order valence-electron chi connectivity index (χ4n) is 2.53. The van der Waals surface area contributed by atoms with Crippen molar-refractivity contribution < 1.29 is 0 Å². The molecule has 2 rings (SSSR count). The Morgan fingerprint density at radius 3 is 2.09 bits per heavy atom. The highest BCUT2D eigenvalue weighted by molar-refractivity contribution is 7.12. The monoisotopic (exact) mass is 316 g/mol. The predicted molar refractivity (Wildman–Crippen MR) is 96.7 cm³/mol. The lowest BCUT2D eigenvalue weighted by atomic mass is 9.98. The zero-order chi connectivity index (χ0) is 16.5. The molecule has 1 N–H and O–H groups in total. The van der Waals surface area contributed by atoms with Gasteiger partial charge in [0.1, 0.15) is 0 Å². The molecule has 1 heterocycles. The lowest BCUT2D eigenvalue weighted by Crippen LogP contribution is -2.22. The topological polar surface area (TPSA) is 24.9 Å². The van der Waals surface area contributed by atoms with Crippen molar-refractivity contribution in [1.82, 2.24) is 10.3 Å². The van der Waals surface area contributed by atoms with Crippen molar-refractivity contribution in [3.63, 3.8) is 0 Å². The number of thiazole rings is 1. The highest BCUT2D eigenvalue weighted by Crippen LogP contribution is 2.33. The zero-order valence-electron chi connectivity index (χ0n) is 14.8. The van der Waals surface area contributed by atoms with Crippen molar-refractivity contribution in [1.29, 1.82) is 0 Å². The largest absolute Gasteiger partial charge is 0.303 e. The minimum atomic E-state index is 0.121. The fraction of sp³-hybridized carbons (Fsp3) is 0.526. The second kappa shape index (κ2) is 6.51. The van der Waals surface area contributed by atoms with Crippen molar-refractivity contribution in [3.8, 4) is 0 Å². The molecule has 120 valence electrons. The van der Waals surface area contributed by atoms with Gasteiger partial charge in [-0.25, -0.2) is 4.98 Å². The van der Waals surface area contributed by atoms with Crippen LogP contribution in [-0.4, -0.2) is 4.98 Å². The van der Waals surface area contributed by atoms with Crippen molar-refractivity contribution in [2.24, 2.45) is 0 Å². The Hall–Kier alpha value is -1.19. The van der Waals surface area contributed by atoms with Gasteiger partial charge in [0.25, 0.3) is 0 Å². The second-order valence-electron chi connectivity index (χ2n) is 7.24. The minimum absolute atomic E-state index is 0.121. The van der Waals surface area contributed by atoms with Crippen LogP contribution >= 0.6 is 11.3 Å². The Labute approximate surface area is 139 Å². The molecule has 1 aromatic carbocycles. The Morgan fingerprint density at radius 1 is 1.00 bits per heavy atom. The van der Waals surface area contributed by atoms with E-state index >= 15 is 0 Å². The van der Waals surface area contributed by atoms with Crippen LogP contribution in [0.5, 0.6) is 0 Å². The quantitative estimate of drug-likeness (QED) is 0.809. The first-order chi connectivity index (χ1) is 10.2. The molecule has 22 heavy (non-hydrogen) atoms. The van der Waals surface area contributed by atoms with E-state index in [1.165, 1.54) is 21.0 Å². The zero-order valence-corrected chi connectivity index (χ0v) is 15.6. The summed E-state index contributed by atoms with van der Waals surface area (Å²) in [6.45, 7) is 15.4. The third-order valence-corrected chi connectivity index (χ3v) is 5.71. The molecular weight excluding hydrogens is 288 g/mol. The average molecular weight is 317 g/mol. The molecule has 2 atom stereocenters. The Bertz CT molecular complexity index is 620. The third-order valence-electron chi connectivity index (χ3n) is 3.94. The molecule has 1 aromatic heterocycles. The summed E-state index contributed by atoms with van der Waals surface area (Å²) < 4.78 is 0. The Morgan fingerprint density at radius 2 is 1.59 bits per heavy atom. The molecule has 0 radical (unpaired) electrons. The fourth-order valence-corrected chi connectivity index (χ4v) is 3.67. The molecule has 3 heteroatoms. The smallest absolute Gasteiger partial charge is 0.0985 e. The minimum Gasteiger partial charge on any atom is -0.303 e. The maximum atomic E-state index is 4.77. The molecule has 0 spiro atoms. The van der Waals surface area contributed by atoms with Gasteiger partial charge in [-0.15, -0.1) is 11.3 Å². The average Bonchev–Trinajstić information content (AvgIpc) is 2.81. The number of rotatable bonds is 4. The summed E-state index contributed by atoms with van der Waals surface area (Å²) in [6.07, 6.45) is 0. The molecule has 0 saturated heterocycles. The van der Waals surface area contributed by atoms with Gasteiger partial charge < -0.3 is 5.32 Å². The van der Waals surface area contributed by atoms with E-state index in [0.717, 1.165) is 5.69 Å². The summed E-state index contributed by atoms with van der Waals surface area (Å²) in [6, 6.07) is 9.40. The molecule has 0 aliphatic carbocycles. The van der Waals surface area contributed by atoms with Gasteiger partial charge in [0.15, 0.2) is 0 Å². The van der Waals surface area contributed by atoms with Gasteiger partial charge in [0, 0.05) is 22.4 Å². The molecule has 2 aromatic rings. The van der Waals surface area contributed by atoms with E-state index in [2.05, 4.69) is 78.0 Å². The van der Waals surface area contributed by atoms with E-state index in [1.807, 2.05) is 11.3 Å². The summed E-state index contributed by atoms with van der Waals surface area (Å²) in [5, 5.41) is 4.93. The highest BCUT2D eigenvalue weighted by atomic mass is 32.1. The molecule has 2 unspecified atom stereocenters. The van der Waals surface area contributed by atoms with Crippen molar-refractivity contribution >= 4 is 11.3 Å². The van der Waals surface area contributed by atoms with Gasteiger partial charge in [-0.1, -0.05) is 50.6 Å². The Kier molecular flexibility index (Phi) is 5.08. The van der Waals surface area contributed by atoms with E-state index in [-0.39, 0.29) is 5.41 Å². The first kappa shape index (κ1) is 17.2. The van der Waals surface area contributed by atoms with Crippen LogP contribution in [0.4, 0.5) is 0 Å². The van der Waals surface area contributed by atoms with Gasteiger partial charge >= 0.3 is 0 Å². The van der Waals surface area contributed by atoms with Crippen LogP contribution in [0.2, 0.25) is 0 Å². The molecule has 0 saturated carbocycles. The number of aromatic nitrogens is 1. The van der Waals surface area contributed by atoms with Crippen LogP contribution in [0.1, 0.15) is 73.4 Å². The first-order valence-electron chi connectivity index (χ1n) is 7.99. The number of aryl methyl sites for hydroxylation is 2. The molecule has 2 nitrogen and oxygen atoms in total. The van der Waals surface area contributed by atoms with Gasteiger partial charge in [-0.05, 0) is 33.3 Å². The van der Waals surface area contributed by atoms with Gasteiger partial charge in [0.05, 0.1) is 10.7 Å². The number of benzene rings is 1. The van der Waals surface area contributed by atoms with Crippen molar-refractivity contribution in [3.05, 3.63) is 51.0 Å². The van der Waals surface area contributed by atoms with E-state index in [4.69, 9.17) is 4.98 Å². The van der Waals surface area contributed by atoms with Crippen LogP contribution in [-0.2, 0) is 5.41 Å². The van der Waals surface area contributed by atoms with E-state index < -0.39 is 0 Å². The molecule has 0 fully saturated rings. The lowest BCUT2D eigenvalue weighted by Gasteiger charge is -2.20. The number of hydrogen-bond acceptors (Lipinski definition) is 3. The normalized spacial score (nSPS) is 14.9. The summed E-state index contributed by atoms with van der Waals surface area (Å²) in [5.74, 6) is 0. The van der Waals surface area contributed by atoms with Crippen LogP contribution in [0.15, 0.2) is 24.3 Å². The first-order valence-corrected chi connectivity index (χ1v) is 8.80. The summed E-state index contributed by atoms with van der Waals surface area (Å²) in [7, 11) is 0. The van der Waals surface area contributed by atoms with Crippen molar-refractivity contribution in [2.45, 2.75) is 66.0 Å². The number of nitrogens with one attached hydrogen (secondary N) is 1. The Balaban J connectivity index is 2.13. The van der Waals surface area contributed by atoms with Crippen LogP contribution in [0.3, 0.4) is 0 Å². The molecule has 0 aliphatic rings. The number of hydrogen-bond donors (Lipinski definition) is 1. The van der Waals surface area contributed by atoms with Crippen LogP contribution in [0, 0.1) is 13.8 Å². The molecule has 0 amide bonds. The van der Waals surface area contributed by atoms with Gasteiger partial charge in [0.2, 0.25) is 0 Å². The standard InChI is InChI=1S/C19H28N2S/c1-12-8-10-16(11-9-12)13(2)20-14(3)17-15(4)21-18(22-17)19(5,6)7/h8-11,13-14,20H,1-7H3. The molecular formula is C19H28N2S. The molecule has 0 bridgehead atoms. The van der Waals surface area contributed by atoms with E-state index in [9.17, 15) is 0 Å². The SMILES string of the molecule is Cc1ccc(C(C)NC(C)c2sc(C(C)(C)C)nc2C)cc1. The third kappa shape index (κ3) is 3.96. The molecule has 0 aliphatic heterocycles. The summed E-state index contributed by atoms with van der Waals surface area (Å²) in [4.78, 5) is 6.12. The maximum absolute atomic E-state index is 4.77. The van der Waals surface area contributed by atoms with Crippen LogP contribution in [0.25, 0.3) is 0 Å². The highest BCUT2D eigenvalue weighted by Gasteiger charge is 2.23. The maximum Gasteiger partial charge on any atom is 0.0985 e. The summed E-state index contributed by atoms with van der Waals surface area (Å²) >= 11 is 1.84.